The Morgan fingerprint density at radius 3 is 1.84 bits per heavy atom. The van der Waals surface area contributed by atoms with Crippen LogP contribution in [0.2, 0.25) is 0 Å². The topological polar surface area (TPSA) is 99.3 Å². The van der Waals surface area contributed by atoms with Gasteiger partial charge in [0.25, 0.3) is 11.8 Å². The van der Waals surface area contributed by atoms with E-state index in [9.17, 15) is 14.4 Å². The van der Waals surface area contributed by atoms with Gasteiger partial charge in [-0.1, -0.05) is 46.8 Å². The average molecular weight is 441 g/mol. The molecule has 0 unspecified atom stereocenters. The predicted molar refractivity (Wildman–Crippen MR) is 126 cm³/mol. The highest BCUT2D eigenvalue weighted by Crippen LogP contribution is 2.22. The summed E-state index contributed by atoms with van der Waals surface area (Å²) in [6.07, 6.45) is 0. The summed E-state index contributed by atoms with van der Waals surface area (Å²) in [7, 11) is 0. The first-order valence-corrected chi connectivity index (χ1v) is 10.3. The highest BCUT2D eigenvalue weighted by molar-refractivity contribution is 7.80. The van der Waals surface area contributed by atoms with Crippen molar-refractivity contribution in [3.63, 3.8) is 0 Å². The Bertz CT molecular complexity index is 962. The molecule has 0 heterocycles. The van der Waals surface area contributed by atoms with Crippen LogP contribution in [0.4, 0.5) is 5.69 Å². The van der Waals surface area contributed by atoms with Crippen LogP contribution in [-0.4, -0.2) is 22.8 Å². The van der Waals surface area contributed by atoms with Gasteiger partial charge in [0.05, 0.1) is 0 Å². The van der Waals surface area contributed by atoms with Crippen molar-refractivity contribution >= 4 is 40.7 Å². The van der Waals surface area contributed by atoms with Crippen LogP contribution in [0.15, 0.2) is 48.5 Å². The van der Waals surface area contributed by atoms with E-state index in [4.69, 9.17) is 12.2 Å². The molecule has 8 heteroatoms. The summed E-state index contributed by atoms with van der Waals surface area (Å²) in [6, 6.07) is 13.9. The minimum atomic E-state index is -0.434. The highest BCUT2D eigenvalue weighted by atomic mass is 32.1. The molecule has 0 saturated heterocycles. The van der Waals surface area contributed by atoms with Crippen LogP contribution in [0, 0.1) is 5.92 Å². The van der Waals surface area contributed by atoms with E-state index in [1.807, 2.05) is 12.1 Å². The number of hydrogen-bond acceptors (Lipinski definition) is 4. The molecule has 0 fully saturated rings. The van der Waals surface area contributed by atoms with E-state index >= 15 is 0 Å². The van der Waals surface area contributed by atoms with Crippen LogP contribution < -0.4 is 21.5 Å². The third-order valence-electron chi connectivity index (χ3n) is 4.47. The molecule has 7 nitrogen and oxygen atoms in total. The van der Waals surface area contributed by atoms with Crippen molar-refractivity contribution in [3.8, 4) is 0 Å². The molecule has 2 aromatic carbocycles. The predicted octanol–water partition coefficient (Wildman–Crippen LogP) is 3.53. The van der Waals surface area contributed by atoms with Gasteiger partial charge >= 0.3 is 0 Å². The molecule has 0 spiro atoms. The van der Waals surface area contributed by atoms with Crippen LogP contribution in [0.25, 0.3) is 0 Å². The Morgan fingerprint density at radius 2 is 1.32 bits per heavy atom. The zero-order valence-corrected chi connectivity index (χ0v) is 19.1. The maximum absolute atomic E-state index is 12.5. The Labute approximate surface area is 188 Å². The second-order valence-corrected chi connectivity index (χ2v) is 8.82. The summed E-state index contributed by atoms with van der Waals surface area (Å²) >= 11 is 4.96. The summed E-state index contributed by atoms with van der Waals surface area (Å²) in [4.78, 5) is 36.2. The van der Waals surface area contributed by atoms with Crippen LogP contribution in [0.1, 0.15) is 60.9 Å². The van der Waals surface area contributed by atoms with Gasteiger partial charge in [0.15, 0.2) is 5.11 Å². The number of hydrogen-bond donors (Lipinski definition) is 4. The largest absolute Gasteiger partial charge is 0.322 e. The van der Waals surface area contributed by atoms with Gasteiger partial charge in [-0.25, -0.2) is 0 Å². The van der Waals surface area contributed by atoms with Crippen LogP contribution in [0.5, 0.6) is 0 Å². The first-order valence-electron chi connectivity index (χ1n) is 9.90. The lowest BCUT2D eigenvalue weighted by atomic mass is 9.87. The minimum Gasteiger partial charge on any atom is -0.322 e. The third kappa shape index (κ3) is 7.18. The molecule has 2 aromatic rings. The van der Waals surface area contributed by atoms with Gasteiger partial charge in [-0.3, -0.25) is 25.2 Å². The Kier molecular flexibility index (Phi) is 7.88. The smallest absolute Gasteiger partial charge is 0.269 e. The fourth-order valence-corrected chi connectivity index (χ4v) is 2.65. The summed E-state index contributed by atoms with van der Waals surface area (Å²) in [5.41, 5.74) is 7.54. The van der Waals surface area contributed by atoms with E-state index in [1.54, 1.807) is 50.2 Å². The lowest BCUT2D eigenvalue weighted by molar-refractivity contribution is -0.122. The number of anilines is 1. The average Bonchev–Trinajstić information content (AvgIpc) is 2.71. The Balaban J connectivity index is 1.91. The molecule has 2 rings (SSSR count). The maximum Gasteiger partial charge on any atom is 0.269 e. The molecule has 3 amide bonds. The number of carbonyl (C=O) groups is 3. The van der Waals surface area contributed by atoms with Crippen molar-refractivity contribution in [2.24, 2.45) is 5.92 Å². The van der Waals surface area contributed by atoms with Crippen molar-refractivity contribution in [2.75, 3.05) is 5.32 Å². The monoisotopic (exact) mass is 440 g/mol. The van der Waals surface area contributed by atoms with Gasteiger partial charge in [-0.2, -0.15) is 0 Å². The van der Waals surface area contributed by atoms with Crippen LogP contribution in [-0.2, 0) is 10.2 Å². The van der Waals surface area contributed by atoms with Crippen molar-refractivity contribution in [3.05, 3.63) is 65.2 Å². The van der Waals surface area contributed by atoms with E-state index < -0.39 is 5.91 Å². The molecule has 0 atom stereocenters. The van der Waals surface area contributed by atoms with Crippen LogP contribution in [0.3, 0.4) is 0 Å². The molecule has 31 heavy (non-hydrogen) atoms. The zero-order valence-electron chi connectivity index (χ0n) is 18.3. The van der Waals surface area contributed by atoms with Crippen molar-refractivity contribution in [2.45, 2.75) is 40.0 Å². The van der Waals surface area contributed by atoms with E-state index in [0.29, 0.717) is 16.8 Å². The molecular weight excluding hydrogens is 412 g/mol. The summed E-state index contributed by atoms with van der Waals surface area (Å²) in [5.74, 6) is -1.14. The van der Waals surface area contributed by atoms with Gasteiger partial charge in [-0.05, 0) is 59.6 Å². The molecule has 164 valence electrons. The fraction of sp³-hybridized carbons (Fsp3) is 0.304. The van der Waals surface area contributed by atoms with Gasteiger partial charge in [0, 0.05) is 22.7 Å². The quantitative estimate of drug-likeness (QED) is 0.431. The Hall–Kier alpha value is -3.26. The van der Waals surface area contributed by atoms with E-state index in [-0.39, 0.29) is 28.3 Å². The molecule has 0 saturated carbocycles. The normalized spacial score (nSPS) is 10.9. The first-order chi connectivity index (χ1) is 14.5. The number of amides is 3. The summed E-state index contributed by atoms with van der Waals surface area (Å²) < 4.78 is 0. The maximum atomic E-state index is 12.5. The lowest BCUT2D eigenvalue weighted by Gasteiger charge is -2.19. The highest BCUT2D eigenvalue weighted by Gasteiger charge is 2.15. The van der Waals surface area contributed by atoms with Gasteiger partial charge in [-0.15, -0.1) is 0 Å². The summed E-state index contributed by atoms with van der Waals surface area (Å²) in [5, 5.41) is 5.28. The fourth-order valence-electron chi connectivity index (χ4n) is 2.50. The molecule has 0 bridgehead atoms. The first kappa shape index (κ1) is 24.0. The Morgan fingerprint density at radius 1 is 0.806 bits per heavy atom. The SMILES string of the molecule is CC(C)C(=O)NC(=S)NNC(=O)c1ccc(NC(=O)c2ccc(C(C)(C)C)cc2)cc1. The van der Waals surface area contributed by atoms with E-state index in [2.05, 4.69) is 42.3 Å². The number of thiocarbonyl (C=S) groups is 1. The minimum absolute atomic E-state index is 0.00779. The van der Waals surface area contributed by atoms with Gasteiger partial charge < -0.3 is 10.6 Å². The van der Waals surface area contributed by atoms with Gasteiger partial charge in [0.2, 0.25) is 5.91 Å². The van der Waals surface area contributed by atoms with Crippen molar-refractivity contribution in [1.82, 2.24) is 16.2 Å². The van der Waals surface area contributed by atoms with Gasteiger partial charge in [0.1, 0.15) is 0 Å². The number of carbonyl (C=O) groups excluding carboxylic acids is 3. The zero-order chi connectivity index (χ0) is 23.2. The van der Waals surface area contributed by atoms with Crippen molar-refractivity contribution in [1.29, 1.82) is 0 Å². The summed E-state index contributed by atoms with van der Waals surface area (Å²) in [6.45, 7) is 9.81. The van der Waals surface area contributed by atoms with E-state index in [1.165, 1.54) is 0 Å². The van der Waals surface area contributed by atoms with Crippen molar-refractivity contribution < 1.29 is 14.4 Å². The van der Waals surface area contributed by atoms with E-state index in [0.717, 1.165) is 5.56 Å². The standard InChI is InChI=1S/C23H28N4O3S/c1-14(2)19(28)25-22(31)27-26-21(30)16-8-12-18(13-9-16)24-20(29)15-6-10-17(11-7-15)23(3,4)5/h6-14H,1-5H3,(H,24,29)(H,26,30)(H2,25,27,28,31). The molecule has 0 aliphatic rings. The number of nitrogens with one attached hydrogen (secondary N) is 4. The molecule has 0 radical (unpaired) electrons. The lowest BCUT2D eigenvalue weighted by Crippen LogP contribution is -2.49. The number of rotatable bonds is 4. The number of benzene rings is 2. The number of hydrazine groups is 1. The molecule has 4 N–H and O–H groups in total. The molecular formula is C23H28N4O3S. The third-order valence-corrected chi connectivity index (χ3v) is 4.67. The second kappa shape index (κ2) is 10.2. The molecule has 0 aliphatic heterocycles. The molecule has 0 aromatic heterocycles. The second-order valence-electron chi connectivity index (χ2n) is 8.41. The van der Waals surface area contributed by atoms with Crippen LogP contribution >= 0.6 is 12.2 Å². The molecule has 0 aliphatic carbocycles.